The fourth-order valence-corrected chi connectivity index (χ4v) is 6.19. The van der Waals surface area contributed by atoms with Crippen LogP contribution in [0.25, 0.3) is 0 Å². The molecule has 3 aromatic rings. The summed E-state index contributed by atoms with van der Waals surface area (Å²) in [5.74, 6) is 1.56. The molecule has 1 aromatic carbocycles. The molecule has 1 N–H and O–H groups in total. The molecule has 3 aliphatic rings. The average molecular weight is 583 g/mol. The number of nitrogens with one attached hydrogen (secondary N) is 1. The Hall–Kier alpha value is -3.50. The van der Waals surface area contributed by atoms with E-state index in [1.807, 2.05) is 33.0 Å². The van der Waals surface area contributed by atoms with E-state index in [1.165, 1.54) is 30.1 Å². The fourth-order valence-electron chi connectivity index (χ4n) is 6.19. The van der Waals surface area contributed by atoms with Gasteiger partial charge in [0.25, 0.3) is 5.91 Å². The van der Waals surface area contributed by atoms with Crippen LogP contribution in [0.15, 0.2) is 43.0 Å². The lowest BCUT2D eigenvalue weighted by Crippen LogP contribution is -2.65. The lowest BCUT2D eigenvalue weighted by molar-refractivity contribution is -0.0349. The van der Waals surface area contributed by atoms with Gasteiger partial charge < -0.3 is 24.6 Å². The quantitative estimate of drug-likeness (QED) is 0.405. The van der Waals surface area contributed by atoms with E-state index in [9.17, 15) is 9.18 Å². The Bertz CT molecular complexity index is 1410. The largest absolute Gasteiger partial charge is 0.490 e. The number of benzene rings is 1. The predicted molar refractivity (Wildman–Crippen MR) is 156 cm³/mol. The second-order valence-corrected chi connectivity index (χ2v) is 11.3. The van der Waals surface area contributed by atoms with Crippen molar-refractivity contribution in [3.05, 3.63) is 65.6 Å². The number of nitrogens with zero attached hydrogens (tertiary/aromatic N) is 5. The Kier molecular flexibility index (Phi) is 8.33. The first-order valence-electron chi connectivity index (χ1n) is 14.0. The molecule has 2 aliphatic heterocycles. The van der Waals surface area contributed by atoms with Crippen LogP contribution >= 0.6 is 12.4 Å². The van der Waals surface area contributed by atoms with Gasteiger partial charge in [-0.15, -0.1) is 12.4 Å². The van der Waals surface area contributed by atoms with E-state index in [2.05, 4.69) is 25.2 Å². The number of rotatable bonds is 8. The number of aromatic nitrogens is 3. The van der Waals surface area contributed by atoms with Crippen LogP contribution < -0.4 is 19.7 Å². The summed E-state index contributed by atoms with van der Waals surface area (Å²) in [5, 5.41) is 3.41. The predicted octanol–water partition coefficient (Wildman–Crippen LogP) is 4.79. The molecule has 9 nitrogen and oxygen atoms in total. The molecule has 0 bridgehead atoms. The molecule has 1 saturated heterocycles. The van der Waals surface area contributed by atoms with Crippen molar-refractivity contribution in [1.29, 1.82) is 0 Å². The molecule has 11 heteroatoms. The third-order valence-corrected chi connectivity index (χ3v) is 8.19. The van der Waals surface area contributed by atoms with Crippen LogP contribution in [0, 0.1) is 11.2 Å². The monoisotopic (exact) mass is 582 g/mol. The summed E-state index contributed by atoms with van der Waals surface area (Å²) in [7, 11) is 0. The van der Waals surface area contributed by atoms with Crippen molar-refractivity contribution in [2.24, 2.45) is 5.41 Å². The second-order valence-electron chi connectivity index (χ2n) is 11.3. The Morgan fingerprint density at radius 3 is 2.76 bits per heavy atom. The van der Waals surface area contributed by atoms with Gasteiger partial charge in [0.05, 0.1) is 11.8 Å². The van der Waals surface area contributed by atoms with Gasteiger partial charge in [0.2, 0.25) is 0 Å². The first-order chi connectivity index (χ1) is 19.4. The summed E-state index contributed by atoms with van der Waals surface area (Å²) >= 11 is 0. The minimum absolute atomic E-state index is 0. The molecule has 218 valence electrons. The highest BCUT2D eigenvalue weighted by atomic mass is 35.5. The van der Waals surface area contributed by atoms with Crippen LogP contribution in [-0.2, 0) is 13.0 Å². The van der Waals surface area contributed by atoms with E-state index >= 15 is 0 Å². The zero-order valence-corrected chi connectivity index (χ0v) is 24.4. The number of amides is 1. The Morgan fingerprint density at radius 1 is 1.20 bits per heavy atom. The maximum atomic E-state index is 14.2. The summed E-state index contributed by atoms with van der Waals surface area (Å²) in [6, 6.07) is 5.97. The molecule has 2 fully saturated rings. The van der Waals surface area contributed by atoms with Crippen molar-refractivity contribution in [2.75, 3.05) is 31.1 Å². The molecule has 1 aliphatic carbocycles. The number of hydrogen-bond donors (Lipinski definition) is 1. The Morgan fingerprint density at radius 2 is 2.00 bits per heavy atom. The van der Waals surface area contributed by atoms with Gasteiger partial charge in [-0.1, -0.05) is 0 Å². The highest BCUT2D eigenvalue weighted by Gasteiger charge is 2.54. The van der Waals surface area contributed by atoms with Gasteiger partial charge in [-0.05, 0) is 57.9 Å². The van der Waals surface area contributed by atoms with E-state index < -0.39 is 5.82 Å². The lowest BCUT2D eigenvalue weighted by atomic mass is 9.61. The van der Waals surface area contributed by atoms with Gasteiger partial charge in [-0.3, -0.25) is 9.78 Å². The highest BCUT2D eigenvalue weighted by molar-refractivity contribution is 5.97. The number of fused-ring (bicyclic) bond motifs is 1. The molecular formula is C30H36ClFN6O3. The van der Waals surface area contributed by atoms with E-state index in [-0.39, 0.29) is 47.2 Å². The Labute approximate surface area is 245 Å². The van der Waals surface area contributed by atoms with E-state index in [1.54, 1.807) is 11.1 Å². The highest BCUT2D eigenvalue weighted by Crippen LogP contribution is 2.52. The first-order valence-corrected chi connectivity index (χ1v) is 14.0. The summed E-state index contributed by atoms with van der Waals surface area (Å²) < 4.78 is 26.8. The van der Waals surface area contributed by atoms with Crippen LogP contribution in [0.3, 0.4) is 0 Å². The van der Waals surface area contributed by atoms with E-state index in [4.69, 9.17) is 9.47 Å². The van der Waals surface area contributed by atoms with E-state index in [0.717, 1.165) is 56.9 Å². The van der Waals surface area contributed by atoms with Crippen LogP contribution in [-0.4, -0.2) is 64.1 Å². The smallest absolute Gasteiger partial charge is 0.257 e. The topological polar surface area (TPSA) is 92.7 Å². The lowest BCUT2D eigenvalue weighted by Gasteiger charge is -2.59. The van der Waals surface area contributed by atoms with Crippen LogP contribution in [0.5, 0.6) is 17.2 Å². The number of carbonyl (C=O) groups excluding carboxylic acids is 1. The molecule has 4 heterocycles. The number of halogens is 2. The van der Waals surface area contributed by atoms with Gasteiger partial charge in [0.15, 0.2) is 11.6 Å². The van der Waals surface area contributed by atoms with E-state index in [0.29, 0.717) is 18.1 Å². The first kappa shape index (κ1) is 29.0. The van der Waals surface area contributed by atoms with Crippen molar-refractivity contribution in [3.8, 4) is 17.2 Å². The summed E-state index contributed by atoms with van der Waals surface area (Å²) in [4.78, 5) is 30.3. The van der Waals surface area contributed by atoms with Gasteiger partial charge >= 0.3 is 0 Å². The zero-order valence-electron chi connectivity index (χ0n) is 23.6. The second kappa shape index (κ2) is 11.8. The summed E-state index contributed by atoms with van der Waals surface area (Å²) in [5.41, 5.74) is 2.68. The molecule has 0 atom stereocenters. The maximum absolute atomic E-state index is 14.2. The standard InChI is InChI=1S/C30H35FN6O3.ClH/c1-4-37(19(2)3)29(38)22-11-20(31)5-6-25(22)40-27-15-33-18-35-28(27)36-16-30(17-36)12-21(13-30)39-26-8-10-34-24-7-9-32-14-23(24)26;/h5-6,8,10-11,15,18-19,21,32H,4,7,9,12-14,16-17H2,1-3H3;1H. The molecule has 1 amide bonds. The number of pyridine rings is 1. The average Bonchev–Trinajstić information content (AvgIpc) is 2.91. The van der Waals surface area contributed by atoms with Crippen LogP contribution in [0.2, 0.25) is 0 Å². The Balaban J connectivity index is 0.00000337. The number of carbonyl (C=O) groups is 1. The van der Waals surface area contributed by atoms with Gasteiger partial charge in [-0.25, -0.2) is 14.4 Å². The number of ether oxygens (including phenoxy) is 2. The van der Waals surface area contributed by atoms with Gasteiger partial charge in [0.1, 0.15) is 29.7 Å². The molecule has 1 saturated carbocycles. The molecule has 41 heavy (non-hydrogen) atoms. The minimum Gasteiger partial charge on any atom is -0.490 e. The molecule has 0 radical (unpaired) electrons. The summed E-state index contributed by atoms with van der Waals surface area (Å²) in [6.45, 7) is 9.70. The normalized spacial score (nSPS) is 17.2. The van der Waals surface area contributed by atoms with Crippen molar-refractivity contribution in [3.63, 3.8) is 0 Å². The SMILES string of the molecule is CCN(C(=O)c1cc(F)ccc1Oc1cncnc1N1CC2(CC(Oc3ccnc4c3CNCC4)C2)C1)C(C)C.Cl. The molecule has 2 aromatic heterocycles. The summed E-state index contributed by atoms with van der Waals surface area (Å²) in [6.07, 6.45) is 8.02. The zero-order chi connectivity index (χ0) is 27.9. The number of hydrogen-bond acceptors (Lipinski definition) is 8. The molecule has 0 unspecified atom stereocenters. The van der Waals surface area contributed by atoms with Crippen molar-refractivity contribution < 1.29 is 18.7 Å². The van der Waals surface area contributed by atoms with Crippen molar-refractivity contribution >= 4 is 24.1 Å². The third-order valence-electron chi connectivity index (χ3n) is 8.19. The fraction of sp³-hybridized carbons (Fsp3) is 0.467. The van der Waals surface area contributed by atoms with Crippen molar-refractivity contribution in [1.82, 2.24) is 25.2 Å². The van der Waals surface area contributed by atoms with Crippen LogP contribution in [0.1, 0.15) is 55.2 Å². The minimum atomic E-state index is -0.491. The van der Waals surface area contributed by atoms with Crippen LogP contribution in [0.4, 0.5) is 10.2 Å². The van der Waals surface area contributed by atoms with Gasteiger partial charge in [-0.2, -0.15) is 0 Å². The molecule has 6 rings (SSSR count). The van der Waals surface area contributed by atoms with Gasteiger partial charge in [0, 0.05) is 68.1 Å². The van der Waals surface area contributed by atoms with Crippen molar-refractivity contribution in [2.45, 2.75) is 58.7 Å². The molecular weight excluding hydrogens is 547 g/mol. The number of anilines is 1. The maximum Gasteiger partial charge on any atom is 0.257 e. The molecule has 1 spiro atoms. The third kappa shape index (κ3) is 5.67.